The Bertz CT molecular complexity index is 1380. The van der Waals surface area contributed by atoms with Gasteiger partial charge < -0.3 is 23.8 Å². The molecule has 2 aromatic heterocycles. The fourth-order valence-electron chi connectivity index (χ4n) is 5.17. The lowest BCUT2D eigenvalue weighted by atomic mass is 10.1. The van der Waals surface area contributed by atoms with Crippen molar-refractivity contribution in [2.45, 2.75) is 71.6 Å². The van der Waals surface area contributed by atoms with Crippen molar-refractivity contribution in [1.29, 1.82) is 0 Å². The van der Waals surface area contributed by atoms with Crippen molar-refractivity contribution in [3.05, 3.63) is 54.0 Å². The Morgan fingerprint density at radius 2 is 1.88 bits per heavy atom. The van der Waals surface area contributed by atoms with E-state index in [1.807, 2.05) is 50.3 Å². The minimum Gasteiger partial charge on any atom is -0.486 e. The molecule has 1 amide bonds. The first-order chi connectivity index (χ1) is 19.0. The molecule has 1 aromatic carbocycles. The van der Waals surface area contributed by atoms with Crippen molar-refractivity contribution in [2.24, 2.45) is 0 Å². The summed E-state index contributed by atoms with van der Waals surface area (Å²) < 4.78 is 43.0. The molecule has 5 rings (SSSR count). The Labute approximate surface area is 233 Å². The molecule has 2 aliphatic rings. The van der Waals surface area contributed by atoms with Crippen LogP contribution in [0.25, 0.3) is 11.3 Å². The molecule has 1 fully saturated rings. The molecule has 0 saturated carbocycles. The summed E-state index contributed by atoms with van der Waals surface area (Å²) in [7, 11) is 0. The Kier molecular flexibility index (Phi) is 7.65. The van der Waals surface area contributed by atoms with Crippen LogP contribution in [0.2, 0.25) is 0 Å². The Hall–Kier alpha value is -3.76. The van der Waals surface area contributed by atoms with E-state index in [1.54, 1.807) is 17.3 Å². The predicted octanol–water partition coefficient (Wildman–Crippen LogP) is 5.39. The van der Waals surface area contributed by atoms with Crippen molar-refractivity contribution in [3.63, 3.8) is 0 Å². The minimum atomic E-state index is -0.627. The highest BCUT2D eigenvalue weighted by Gasteiger charge is 2.28. The number of hydrogen-bond acceptors (Lipinski definition) is 7. The Morgan fingerprint density at radius 1 is 1.12 bits per heavy atom. The lowest BCUT2D eigenvalue weighted by molar-refractivity contribution is 0.0188. The van der Waals surface area contributed by atoms with Crippen LogP contribution >= 0.6 is 0 Å². The van der Waals surface area contributed by atoms with Crippen LogP contribution in [0.15, 0.2) is 30.9 Å². The second-order valence-corrected chi connectivity index (χ2v) is 11.6. The molecule has 0 unspecified atom stereocenters. The van der Waals surface area contributed by atoms with E-state index in [9.17, 15) is 13.6 Å². The third-order valence-electron chi connectivity index (χ3n) is 7.13. The second-order valence-electron chi connectivity index (χ2n) is 11.6. The highest BCUT2D eigenvalue weighted by molar-refractivity contribution is 5.72. The molecule has 2 aliphatic heterocycles. The molecule has 0 N–H and O–H groups in total. The maximum absolute atomic E-state index is 15.0. The summed E-state index contributed by atoms with van der Waals surface area (Å²) in [5.74, 6) is -0.607. The number of piperidine rings is 1. The van der Waals surface area contributed by atoms with E-state index in [2.05, 4.69) is 15.0 Å². The first kappa shape index (κ1) is 27.8. The average molecular weight is 555 g/mol. The van der Waals surface area contributed by atoms with E-state index in [-0.39, 0.29) is 29.6 Å². The minimum absolute atomic E-state index is 0.0370. The van der Waals surface area contributed by atoms with E-state index in [0.717, 1.165) is 24.7 Å². The fourth-order valence-corrected chi connectivity index (χ4v) is 5.17. The average Bonchev–Trinajstić information content (AvgIpc) is 3.37. The molecule has 0 bridgehead atoms. The van der Waals surface area contributed by atoms with Crippen molar-refractivity contribution >= 4 is 11.8 Å². The molecule has 40 heavy (non-hydrogen) atoms. The molecule has 0 aliphatic carbocycles. The van der Waals surface area contributed by atoms with Gasteiger partial charge in [0.1, 0.15) is 23.7 Å². The normalized spacial score (nSPS) is 16.2. The van der Waals surface area contributed by atoms with E-state index in [4.69, 9.17) is 9.47 Å². The zero-order valence-corrected chi connectivity index (χ0v) is 23.7. The van der Waals surface area contributed by atoms with Gasteiger partial charge in [-0.2, -0.15) is 0 Å². The van der Waals surface area contributed by atoms with E-state index in [0.29, 0.717) is 49.7 Å². The number of likely N-dealkylation sites (tertiary alicyclic amines) is 1. The Balaban J connectivity index is 1.29. The molecule has 11 heteroatoms. The van der Waals surface area contributed by atoms with Gasteiger partial charge in [-0.25, -0.2) is 28.5 Å². The van der Waals surface area contributed by atoms with Crippen LogP contribution < -0.4 is 9.64 Å². The third kappa shape index (κ3) is 6.03. The van der Waals surface area contributed by atoms with Crippen LogP contribution in [0.3, 0.4) is 0 Å². The molecule has 9 nitrogen and oxygen atoms in total. The van der Waals surface area contributed by atoms with Crippen LogP contribution in [-0.2, 0) is 11.2 Å². The maximum Gasteiger partial charge on any atom is 0.410 e. The van der Waals surface area contributed by atoms with Gasteiger partial charge in [0.05, 0.1) is 36.9 Å². The molecule has 0 atom stereocenters. The zero-order valence-electron chi connectivity index (χ0n) is 23.7. The van der Waals surface area contributed by atoms with Crippen LogP contribution in [0.4, 0.5) is 19.3 Å². The first-order valence-corrected chi connectivity index (χ1v) is 13.7. The maximum atomic E-state index is 15.0. The van der Waals surface area contributed by atoms with Crippen LogP contribution in [-0.4, -0.2) is 68.4 Å². The van der Waals surface area contributed by atoms with Crippen LogP contribution in [0.1, 0.15) is 65.0 Å². The summed E-state index contributed by atoms with van der Waals surface area (Å²) >= 11 is 0. The lowest BCUT2D eigenvalue weighted by Crippen LogP contribution is -2.42. The molecule has 3 aromatic rings. The molecule has 0 radical (unpaired) electrons. The van der Waals surface area contributed by atoms with Gasteiger partial charge in [-0.15, -0.1) is 0 Å². The highest BCUT2D eigenvalue weighted by Crippen LogP contribution is 2.39. The highest BCUT2D eigenvalue weighted by atomic mass is 19.1. The van der Waals surface area contributed by atoms with Gasteiger partial charge in [0.25, 0.3) is 0 Å². The molecule has 1 saturated heterocycles. The number of hydrogen-bond donors (Lipinski definition) is 0. The van der Waals surface area contributed by atoms with Gasteiger partial charge in [-0.05, 0) is 59.6 Å². The van der Waals surface area contributed by atoms with Gasteiger partial charge >= 0.3 is 6.09 Å². The number of aromatic nitrogens is 4. The summed E-state index contributed by atoms with van der Waals surface area (Å²) in [5.41, 5.74) is 1.17. The quantitative estimate of drug-likeness (QED) is 0.418. The summed E-state index contributed by atoms with van der Waals surface area (Å²) in [6.07, 6.45) is 6.41. The number of halogens is 2. The monoisotopic (exact) mass is 554 g/mol. The number of fused-ring (bicyclic) bond motifs is 1. The summed E-state index contributed by atoms with van der Waals surface area (Å²) in [4.78, 5) is 29.3. The number of amides is 1. The van der Waals surface area contributed by atoms with Gasteiger partial charge in [-0.3, -0.25) is 0 Å². The van der Waals surface area contributed by atoms with Crippen LogP contribution in [0, 0.1) is 11.6 Å². The number of benzene rings is 1. The van der Waals surface area contributed by atoms with Gasteiger partial charge in [0.15, 0.2) is 17.4 Å². The Morgan fingerprint density at radius 3 is 2.58 bits per heavy atom. The van der Waals surface area contributed by atoms with Crippen LogP contribution in [0.5, 0.6) is 5.75 Å². The predicted molar refractivity (Wildman–Crippen MR) is 146 cm³/mol. The van der Waals surface area contributed by atoms with E-state index in [1.165, 1.54) is 6.07 Å². The van der Waals surface area contributed by atoms with Crippen molar-refractivity contribution < 1.29 is 23.0 Å². The second kappa shape index (κ2) is 11.0. The lowest BCUT2D eigenvalue weighted by Gasteiger charge is -2.34. The number of nitrogens with zero attached hydrogens (tertiary/aromatic N) is 6. The number of ether oxygens (including phenoxy) is 2. The number of carbonyl (C=O) groups is 1. The van der Waals surface area contributed by atoms with Gasteiger partial charge in [0, 0.05) is 36.9 Å². The molecular weight excluding hydrogens is 518 g/mol. The number of anilines is 1. The first-order valence-electron chi connectivity index (χ1n) is 13.7. The van der Waals surface area contributed by atoms with E-state index < -0.39 is 17.2 Å². The van der Waals surface area contributed by atoms with Crippen molar-refractivity contribution in [2.75, 3.05) is 31.1 Å². The molecule has 214 valence electrons. The number of carbonyl (C=O) groups excluding carboxylic acids is 1. The van der Waals surface area contributed by atoms with Crippen molar-refractivity contribution in [1.82, 2.24) is 24.4 Å². The molecule has 4 heterocycles. The van der Waals surface area contributed by atoms with Gasteiger partial charge in [0.2, 0.25) is 0 Å². The summed E-state index contributed by atoms with van der Waals surface area (Å²) in [6, 6.07) is 3.32. The molecular formula is C29H36F2N6O3. The van der Waals surface area contributed by atoms with Gasteiger partial charge in [-0.1, -0.05) is 0 Å². The fraction of sp³-hybridized carbons (Fsp3) is 0.517. The summed E-state index contributed by atoms with van der Waals surface area (Å²) in [6.45, 7) is 11.8. The molecule has 0 spiro atoms. The third-order valence-corrected chi connectivity index (χ3v) is 7.13. The zero-order chi connectivity index (χ0) is 28.6. The smallest absolute Gasteiger partial charge is 0.410 e. The topological polar surface area (TPSA) is 85.6 Å². The number of rotatable bonds is 5. The number of imidazole rings is 1. The van der Waals surface area contributed by atoms with E-state index >= 15 is 0 Å². The standard InChI is InChI=1S/C29H36F2N6O3/c1-18(2)37-10-11-39-27-22(30)12-19(13-24(27)37)26-23(31)15-32-25(34-26)14-20-16-36(17-33-20)21-6-8-35(9-7-21)28(38)40-29(3,4)5/h12-13,15-18,21H,6-11,14H2,1-5H3. The SMILES string of the molecule is CC(C)N1CCOc2c(F)cc(-c3nc(Cc4cn(C5CCN(C(=O)OC(C)(C)C)CC5)cn4)ncc3F)cc21. The largest absolute Gasteiger partial charge is 0.486 e. The van der Waals surface area contributed by atoms with Crippen molar-refractivity contribution in [3.8, 4) is 17.0 Å². The summed E-state index contributed by atoms with van der Waals surface area (Å²) in [5, 5.41) is 0.